The van der Waals surface area contributed by atoms with Gasteiger partial charge >= 0.3 is 0 Å². The Morgan fingerprint density at radius 1 is 1.41 bits per heavy atom. The molecule has 96 valence electrons. The molecule has 17 heavy (non-hydrogen) atoms. The molecule has 1 N–H and O–H groups in total. The molecule has 1 atom stereocenters. The number of hydrogen-bond donors (Lipinski definition) is 1. The van der Waals surface area contributed by atoms with Crippen molar-refractivity contribution in [2.24, 2.45) is 5.92 Å². The third-order valence-corrected chi connectivity index (χ3v) is 5.80. The van der Waals surface area contributed by atoms with Gasteiger partial charge in [0.05, 0.1) is 0 Å². The molecule has 1 aromatic heterocycles. The lowest BCUT2D eigenvalue weighted by Gasteiger charge is -2.30. The summed E-state index contributed by atoms with van der Waals surface area (Å²) in [7, 11) is 0. The highest BCUT2D eigenvalue weighted by Gasteiger charge is 2.21. The first-order valence-electron chi connectivity index (χ1n) is 6.76. The minimum absolute atomic E-state index is 0.712. The van der Waals surface area contributed by atoms with Crippen molar-refractivity contribution in [1.29, 1.82) is 0 Å². The second-order valence-corrected chi connectivity index (χ2v) is 6.84. The second kappa shape index (κ2) is 6.91. The minimum Gasteiger partial charge on any atom is -0.309 e. The summed E-state index contributed by atoms with van der Waals surface area (Å²) in [6.45, 7) is 3.34. The molecule has 2 rings (SSSR count). The lowest BCUT2D eigenvalue weighted by atomic mass is 9.83. The Morgan fingerprint density at radius 2 is 2.18 bits per heavy atom. The summed E-state index contributed by atoms with van der Waals surface area (Å²) in [5.41, 5.74) is 0. The Balaban J connectivity index is 1.84. The van der Waals surface area contributed by atoms with E-state index in [1.807, 2.05) is 11.3 Å². The molecule has 0 aliphatic heterocycles. The van der Waals surface area contributed by atoms with Gasteiger partial charge in [0.15, 0.2) is 0 Å². The van der Waals surface area contributed by atoms with E-state index in [2.05, 4.69) is 39.6 Å². The maximum Gasteiger partial charge on any atom is 0.0327 e. The largest absolute Gasteiger partial charge is 0.309 e. The molecule has 1 saturated carbocycles. The molecular weight excluding hydrogens is 294 g/mol. The number of thiophene rings is 1. The number of nitrogens with one attached hydrogen (secondary N) is 1. The van der Waals surface area contributed by atoms with E-state index in [9.17, 15) is 0 Å². The first-order chi connectivity index (χ1) is 8.31. The predicted molar refractivity (Wildman–Crippen MR) is 79.5 cm³/mol. The van der Waals surface area contributed by atoms with Gasteiger partial charge in [0, 0.05) is 21.9 Å². The summed E-state index contributed by atoms with van der Waals surface area (Å²) in [4.78, 5) is 1.43. The normalized spacial score (nSPS) is 19.4. The smallest absolute Gasteiger partial charge is 0.0327 e. The fourth-order valence-electron chi connectivity index (χ4n) is 2.86. The third-order valence-electron chi connectivity index (χ3n) is 3.87. The van der Waals surface area contributed by atoms with Crippen LogP contribution in [0.2, 0.25) is 0 Å². The van der Waals surface area contributed by atoms with Crippen molar-refractivity contribution in [3.8, 4) is 0 Å². The molecule has 0 spiro atoms. The summed E-state index contributed by atoms with van der Waals surface area (Å²) in [5, 5.41) is 5.92. The molecule has 3 heteroatoms. The summed E-state index contributed by atoms with van der Waals surface area (Å²) < 4.78 is 1.26. The predicted octanol–water partition coefficient (Wildman–Crippen LogP) is 4.96. The van der Waals surface area contributed by atoms with Crippen molar-refractivity contribution >= 4 is 27.3 Å². The average molecular weight is 316 g/mol. The second-order valence-electron chi connectivity index (χ2n) is 4.99. The molecule has 1 aliphatic carbocycles. The molecule has 0 saturated heterocycles. The molecule has 0 amide bonds. The van der Waals surface area contributed by atoms with Crippen molar-refractivity contribution in [1.82, 2.24) is 5.32 Å². The van der Waals surface area contributed by atoms with Crippen LogP contribution in [0.1, 0.15) is 50.3 Å². The van der Waals surface area contributed by atoms with E-state index < -0.39 is 0 Å². The summed E-state index contributed by atoms with van der Waals surface area (Å²) in [6, 6.07) is 2.85. The molecule has 1 fully saturated rings. The van der Waals surface area contributed by atoms with Crippen molar-refractivity contribution in [3.63, 3.8) is 0 Å². The molecule has 0 radical (unpaired) electrons. The van der Waals surface area contributed by atoms with Gasteiger partial charge in [-0.3, -0.25) is 0 Å². The zero-order chi connectivity index (χ0) is 12.1. The molecule has 1 aromatic rings. The Labute approximate surface area is 117 Å². The van der Waals surface area contributed by atoms with Crippen LogP contribution in [0.25, 0.3) is 0 Å². The van der Waals surface area contributed by atoms with Crippen LogP contribution in [0, 0.1) is 5.92 Å². The molecule has 1 heterocycles. The van der Waals surface area contributed by atoms with Crippen LogP contribution in [0.4, 0.5) is 0 Å². The van der Waals surface area contributed by atoms with Gasteiger partial charge in [-0.25, -0.2) is 0 Å². The fraction of sp³-hybridized carbons (Fsp3) is 0.714. The molecule has 0 bridgehead atoms. The standard InChI is InChI=1S/C14H22BrNS/c1-2-13(11-6-4-3-5-7-11)16-10-14-12(15)8-9-17-14/h8-9,11,13,16H,2-7,10H2,1H3. The number of hydrogen-bond acceptors (Lipinski definition) is 2. The third kappa shape index (κ3) is 3.80. The van der Waals surface area contributed by atoms with E-state index in [0.717, 1.165) is 12.5 Å². The topological polar surface area (TPSA) is 12.0 Å². The van der Waals surface area contributed by atoms with Crippen molar-refractivity contribution in [3.05, 3.63) is 20.8 Å². The zero-order valence-corrected chi connectivity index (χ0v) is 12.9. The van der Waals surface area contributed by atoms with Gasteiger partial charge in [-0.05, 0) is 52.6 Å². The van der Waals surface area contributed by atoms with Gasteiger partial charge in [0.2, 0.25) is 0 Å². The molecule has 1 nitrogen and oxygen atoms in total. The molecular formula is C14H22BrNS. The molecule has 1 unspecified atom stereocenters. The van der Waals surface area contributed by atoms with Gasteiger partial charge in [-0.2, -0.15) is 0 Å². The van der Waals surface area contributed by atoms with E-state index in [1.165, 1.54) is 47.9 Å². The Morgan fingerprint density at radius 3 is 2.76 bits per heavy atom. The summed E-state index contributed by atoms with van der Waals surface area (Å²) >= 11 is 5.44. The quantitative estimate of drug-likeness (QED) is 0.809. The van der Waals surface area contributed by atoms with Crippen LogP contribution in [0.3, 0.4) is 0 Å². The first kappa shape index (κ1) is 13.6. The van der Waals surface area contributed by atoms with Crippen LogP contribution in [-0.2, 0) is 6.54 Å². The molecule has 1 aliphatic rings. The van der Waals surface area contributed by atoms with E-state index in [4.69, 9.17) is 0 Å². The van der Waals surface area contributed by atoms with Crippen LogP contribution in [0.5, 0.6) is 0 Å². The van der Waals surface area contributed by atoms with E-state index in [1.54, 1.807) is 0 Å². The fourth-order valence-corrected chi connectivity index (χ4v) is 4.30. The van der Waals surface area contributed by atoms with Gasteiger partial charge in [0.1, 0.15) is 0 Å². The first-order valence-corrected chi connectivity index (χ1v) is 8.43. The highest BCUT2D eigenvalue weighted by atomic mass is 79.9. The Hall–Kier alpha value is 0.140. The highest BCUT2D eigenvalue weighted by molar-refractivity contribution is 9.10. The highest BCUT2D eigenvalue weighted by Crippen LogP contribution is 2.28. The summed E-state index contributed by atoms with van der Waals surface area (Å²) in [6.07, 6.45) is 8.43. The van der Waals surface area contributed by atoms with Crippen molar-refractivity contribution < 1.29 is 0 Å². The number of rotatable bonds is 5. The SMILES string of the molecule is CCC(NCc1sccc1Br)C1CCCCC1. The lowest BCUT2D eigenvalue weighted by molar-refractivity contribution is 0.262. The zero-order valence-electron chi connectivity index (χ0n) is 10.5. The summed E-state index contributed by atoms with van der Waals surface area (Å²) in [5.74, 6) is 0.910. The minimum atomic E-state index is 0.712. The van der Waals surface area contributed by atoms with Gasteiger partial charge in [0.25, 0.3) is 0 Å². The van der Waals surface area contributed by atoms with Gasteiger partial charge in [-0.15, -0.1) is 11.3 Å². The lowest BCUT2D eigenvalue weighted by Crippen LogP contribution is -2.36. The average Bonchev–Trinajstić information content (AvgIpc) is 2.77. The van der Waals surface area contributed by atoms with Gasteiger partial charge in [-0.1, -0.05) is 26.2 Å². The molecule has 0 aromatic carbocycles. The Kier molecular flexibility index (Phi) is 5.51. The van der Waals surface area contributed by atoms with E-state index in [0.29, 0.717) is 6.04 Å². The van der Waals surface area contributed by atoms with Gasteiger partial charge < -0.3 is 5.32 Å². The van der Waals surface area contributed by atoms with Crippen LogP contribution in [-0.4, -0.2) is 6.04 Å². The van der Waals surface area contributed by atoms with Crippen LogP contribution in [0.15, 0.2) is 15.9 Å². The van der Waals surface area contributed by atoms with E-state index in [-0.39, 0.29) is 0 Å². The number of halogens is 1. The maximum absolute atomic E-state index is 3.76. The van der Waals surface area contributed by atoms with E-state index >= 15 is 0 Å². The van der Waals surface area contributed by atoms with Crippen LogP contribution < -0.4 is 5.32 Å². The van der Waals surface area contributed by atoms with Crippen LogP contribution >= 0.6 is 27.3 Å². The maximum atomic E-state index is 3.76. The monoisotopic (exact) mass is 315 g/mol. The van der Waals surface area contributed by atoms with Crippen molar-refractivity contribution in [2.45, 2.75) is 58.0 Å². The van der Waals surface area contributed by atoms with Crippen molar-refractivity contribution in [2.75, 3.05) is 0 Å². The Bertz CT molecular complexity index is 331.